The van der Waals surface area contributed by atoms with Gasteiger partial charge in [-0.1, -0.05) is 57.2 Å². The monoisotopic (exact) mass is 633 g/mol. The normalized spacial score (nSPS) is 20.5. The molecule has 0 N–H and O–H groups in total. The Morgan fingerprint density at radius 2 is 1.95 bits per heavy atom. The van der Waals surface area contributed by atoms with Gasteiger partial charge in [-0.25, -0.2) is 9.78 Å². The van der Waals surface area contributed by atoms with Crippen LogP contribution in [0.1, 0.15) is 41.0 Å². The summed E-state index contributed by atoms with van der Waals surface area (Å²) >= 11 is 13.2. The second-order valence-electron chi connectivity index (χ2n) is 10.5. The molecule has 0 spiro atoms. The van der Waals surface area contributed by atoms with Crippen molar-refractivity contribution >= 4 is 87.3 Å². The highest BCUT2D eigenvalue weighted by Crippen LogP contribution is 2.56. The van der Waals surface area contributed by atoms with Crippen LogP contribution in [0, 0.1) is 11.3 Å². The Labute approximate surface area is 249 Å². The summed E-state index contributed by atoms with van der Waals surface area (Å²) < 4.78 is 14.1. The zero-order valence-electron chi connectivity index (χ0n) is 22.7. The number of para-hydroxylation sites is 1. The van der Waals surface area contributed by atoms with Crippen LogP contribution in [0.5, 0.6) is 0 Å². The maximum atomic E-state index is 14.1. The summed E-state index contributed by atoms with van der Waals surface area (Å²) in [5.74, 6) is -1.21. The van der Waals surface area contributed by atoms with Gasteiger partial charge in [0, 0.05) is 0 Å². The average molecular weight is 635 g/mol. The maximum absolute atomic E-state index is 14.1. The molecule has 4 atom stereocenters. The van der Waals surface area contributed by atoms with Gasteiger partial charge >= 0.3 is 5.97 Å². The second-order valence-corrected chi connectivity index (χ2v) is 17.4. The number of halogens is 2. The van der Waals surface area contributed by atoms with Gasteiger partial charge in [0.15, 0.2) is 10.4 Å². The van der Waals surface area contributed by atoms with E-state index in [2.05, 4.69) is 47.4 Å². The van der Waals surface area contributed by atoms with Crippen LogP contribution in [0.2, 0.25) is 13.1 Å². The van der Waals surface area contributed by atoms with Crippen molar-refractivity contribution in [1.29, 1.82) is 0 Å². The number of aromatic nitrogens is 1. The van der Waals surface area contributed by atoms with Gasteiger partial charge in [-0.3, -0.25) is 4.79 Å². The van der Waals surface area contributed by atoms with Crippen molar-refractivity contribution in [3.63, 3.8) is 0 Å². The number of β-lactam (4-membered cyclic amide) rings is 1. The van der Waals surface area contributed by atoms with E-state index in [1.165, 1.54) is 21.6 Å². The number of likely N-dealkylation sites (tertiary alicyclic amines) is 1. The molecule has 209 valence electrons. The number of amides is 1. The van der Waals surface area contributed by atoms with Gasteiger partial charge in [-0.2, -0.15) is 0 Å². The van der Waals surface area contributed by atoms with E-state index in [1.54, 1.807) is 23.2 Å². The highest BCUT2D eigenvalue weighted by Gasteiger charge is 2.65. The van der Waals surface area contributed by atoms with E-state index in [9.17, 15) is 9.59 Å². The molecule has 2 heterocycles. The fourth-order valence-electron chi connectivity index (χ4n) is 4.92. The minimum Gasteiger partial charge on any atom is -0.461 e. The molecule has 1 radical (unpaired) electrons. The molecule has 2 unspecified atom stereocenters. The van der Waals surface area contributed by atoms with Crippen molar-refractivity contribution in [1.82, 2.24) is 9.88 Å². The molecule has 12 heteroatoms. The summed E-state index contributed by atoms with van der Waals surface area (Å²) in [5.41, 5.74) is 0.390. The Kier molecular flexibility index (Phi) is 10.7. The molecule has 2 aromatic rings. The van der Waals surface area contributed by atoms with E-state index < -0.39 is 37.4 Å². The standard InChI is InChI=1S/C26H35Cl2N2O4S3Si/c1-9-26(25(4,5)6,34-38(7)8)19-21(31)30(20(15(2)3)23(32)33-14-18(27)28)22(19)36-37-24-29-16-12-10-11-13-17(16)35-24/h10-13,18-20,22H,2,9,14H2,1,3-8H3/t19-,20?,22-,26?/m1/s1. The lowest BCUT2D eigenvalue weighted by molar-refractivity contribution is -0.188. The van der Waals surface area contributed by atoms with Crippen molar-refractivity contribution in [2.75, 3.05) is 6.61 Å². The Balaban J connectivity index is 2.01. The van der Waals surface area contributed by atoms with Gasteiger partial charge in [-0.15, -0.1) is 34.5 Å². The third kappa shape index (κ3) is 6.58. The summed E-state index contributed by atoms with van der Waals surface area (Å²) in [4.78, 5) is 32.7. The van der Waals surface area contributed by atoms with Crippen LogP contribution in [0.25, 0.3) is 10.2 Å². The number of esters is 1. The molecule has 38 heavy (non-hydrogen) atoms. The van der Waals surface area contributed by atoms with E-state index in [0.717, 1.165) is 14.6 Å². The van der Waals surface area contributed by atoms with Gasteiger partial charge in [-0.05, 0) is 60.4 Å². The molecule has 1 saturated heterocycles. The lowest BCUT2D eigenvalue weighted by Crippen LogP contribution is -2.74. The Hall–Kier alpha value is -0.753. The fraction of sp³-hybridized carbons (Fsp3) is 0.577. The Bertz CT molecular complexity index is 1140. The summed E-state index contributed by atoms with van der Waals surface area (Å²) in [6, 6.07) is 7.02. The number of benzene rings is 1. The summed E-state index contributed by atoms with van der Waals surface area (Å²) in [7, 11) is 1.88. The fourth-order valence-corrected chi connectivity index (χ4v) is 10.5. The first-order valence-corrected chi connectivity index (χ1v) is 18.6. The van der Waals surface area contributed by atoms with Gasteiger partial charge in [0.1, 0.15) is 16.8 Å². The van der Waals surface area contributed by atoms with E-state index in [0.29, 0.717) is 12.0 Å². The van der Waals surface area contributed by atoms with Crippen molar-refractivity contribution in [2.24, 2.45) is 11.3 Å². The van der Waals surface area contributed by atoms with E-state index in [4.69, 9.17) is 37.3 Å². The number of hydrogen-bond acceptors (Lipinski definition) is 8. The Morgan fingerprint density at radius 3 is 2.47 bits per heavy atom. The molecule has 0 aliphatic carbocycles. The number of fused-ring (bicyclic) bond motifs is 1. The quantitative estimate of drug-likeness (QED) is 0.0596. The Morgan fingerprint density at radius 1 is 1.29 bits per heavy atom. The van der Waals surface area contributed by atoms with Crippen molar-refractivity contribution < 1.29 is 18.8 Å². The molecule has 0 bridgehead atoms. The number of rotatable bonds is 12. The summed E-state index contributed by atoms with van der Waals surface area (Å²) in [6.07, 6.45) is 0.655. The molecule has 1 amide bonds. The molecular weight excluding hydrogens is 599 g/mol. The second kappa shape index (κ2) is 12.8. The number of thiazole rings is 1. The molecule has 1 aliphatic heterocycles. The molecule has 0 saturated carbocycles. The largest absolute Gasteiger partial charge is 0.461 e. The molecule has 6 nitrogen and oxygen atoms in total. The minimum atomic E-state index is -1.16. The van der Waals surface area contributed by atoms with E-state index in [-0.39, 0.29) is 23.3 Å². The first kappa shape index (κ1) is 31.8. The number of carbonyl (C=O) groups excluding carboxylic acids is 2. The molecule has 1 aromatic heterocycles. The smallest absolute Gasteiger partial charge is 0.333 e. The minimum absolute atomic E-state index is 0.148. The van der Waals surface area contributed by atoms with Gasteiger partial charge < -0.3 is 14.1 Å². The molecule has 3 rings (SSSR count). The van der Waals surface area contributed by atoms with Crippen LogP contribution in [-0.4, -0.2) is 59.3 Å². The predicted molar refractivity (Wildman–Crippen MR) is 163 cm³/mol. The third-order valence-electron chi connectivity index (χ3n) is 6.58. The lowest BCUT2D eigenvalue weighted by Gasteiger charge is -2.60. The van der Waals surface area contributed by atoms with E-state index >= 15 is 0 Å². The number of ether oxygens (including phenoxy) is 1. The number of carbonyl (C=O) groups is 2. The zero-order chi connectivity index (χ0) is 28.4. The van der Waals surface area contributed by atoms with E-state index in [1.807, 2.05) is 24.3 Å². The number of hydrogen-bond donors (Lipinski definition) is 0. The van der Waals surface area contributed by atoms with Crippen LogP contribution < -0.4 is 0 Å². The predicted octanol–water partition coefficient (Wildman–Crippen LogP) is 7.58. The molecule has 1 aliphatic rings. The highest BCUT2D eigenvalue weighted by molar-refractivity contribution is 8.77. The van der Waals surface area contributed by atoms with Crippen LogP contribution in [-0.2, 0) is 18.8 Å². The topological polar surface area (TPSA) is 68.7 Å². The first-order chi connectivity index (χ1) is 17.7. The lowest BCUT2D eigenvalue weighted by atomic mass is 9.64. The van der Waals surface area contributed by atoms with Crippen LogP contribution >= 0.6 is 56.1 Å². The van der Waals surface area contributed by atoms with Gasteiger partial charge in [0.25, 0.3) is 0 Å². The van der Waals surface area contributed by atoms with Crippen LogP contribution in [0.15, 0.2) is 40.8 Å². The van der Waals surface area contributed by atoms with Gasteiger partial charge in [0.2, 0.25) is 14.9 Å². The van der Waals surface area contributed by atoms with Crippen LogP contribution in [0.3, 0.4) is 0 Å². The van der Waals surface area contributed by atoms with Crippen molar-refractivity contribution in [3.05, 3.63) is 36.4 Å². The summed E-state index contributed by atoms with van der Waals surface area (Å²) in [6.45, 7) is 18.2. The zero-order valence-corrected chi connectivity index (χ0v) is 27.7. The SMILES string of the molecule is C=C(C)C(C(=O)OCC(Cl)Cl)N1C(=O)[C@@H](C(CC)(O[Si](C)C)C(C)(C)C)[C@H]1SSc1nc2ccccc2s1. The molecule has 1 aromatic carbocycles. The summed E-state index contributed by atoms with van der Waals surface area (Å²) in [5, 5.41) is -0.378. The van der Waals surface area contributed by atoms with Crippen molar-refractivity contribution in [2.45, 2.75) is 80.3 Å². The van der Waals surface area contributed by atoms with Crippen molar-refractivity contribution in [3.8, 4) is 0 Å². The number of nitrogens with zero attached hydrogens (tertiary/aromatic N) is 2. The number of alkyl halides is 2. The highest BCUT2D eigenvalue weighted by atomic mass is 35.5. The molecular formula is C26H35Cl2N2O4S3Si. The third-order valence-corrected chi connectivity index (χ3v) is 11.6. The average Bonchev–Trinajstić information content (AvgIpc) is 3.24. The first-order valence-electron chi connectivity index (χ1n) is 12.3. The van der Waals surface area contributed by atoms with Crippen LogP contribution in [0.4, 0.5) is 0 Å². The molecule has 1 fully saturated rings. The maximum Gasteiger partial charge on any atom is 0.333 e. The van der Waals surface area contributed by atoms with Gasteiger partial charge in [0.05, 0.1) is 21.7 Å².